The predicted molar refractivity (Wildman–Crippen MR) is 78.4 cm³/mol. The van der Waals surface area contributed by atoms with Crippen molar-refractivity contribution in [3.8, 4) is 5.75 Å². The Balaban J connectivity index is 1.98. The largest absolute Gasteiger partial charge is 0.495 e. The number of hydrogen-bond donors (Lipinski definition) is 2. The maximum absolute atomic E-state index is 11.9. The number of para-hydroxylation sites is 2. The third-order valence-electron chi connectivity index (χ3n) is 2.52. The molecule has 0 bridgehead atoms. The van der Waals surface area contributed by atoms with E-state index in [4.69, 9.17) is 17.0 Å². The van der Waals surface area contributed by atoms with Crippen molar-refractivity contribution >= 4 is 45.8 Å². The zero-order valence-electron chi connectivity index (χ0n) is 10.1. The molecule has 5 nitrogen and oxygen atoms in total. The molecule has 1 atom stereocenters. The molecule has 0 radical (unpaired) electrons. The number of rotatable bonds is 4. The fourth-order valence-corrected chi connectivity index (χ4v) is 2.91. The molecule has 1 aliphatic rings. The lowest BCUT2D eigenvalue weighted by molar-refractivity contribution is -0.122. The molecule has 1 aromatic rings. The van der Waals surface area contributed by atoms with Gasteiger partial charge in [-0.25, -0.2) is 0 Å². The maximum Gasteiger partial charge on any atom is 0.239 e. The number of amides is 2. The van der Waals surface area contributed by atoms with Crippen molar-refractivity contribution in [1.29, 1.82) is 0 Å². The summed E-state index contributed by atoms with van der Waals surface area (Å²) in [5, 5.41) is 4.78. The van der Waals surface area contributed by atoms with Crippen LogP contribution in [0.25, 0.3) is 0 Å². The van der Waals surface area contributed by atoms with Gasteiger partial charge in [0.1, 0.15) is 10.1 Å². The van der Waals surface area contributed by atoms with Crippen LogP contribution < -0.4 is 15.4 Å². The Morgan fingerprint density at radius 3 is 2.89 bits per heavy atom. The summed E-state index contributed by atoms with van der Waals surface area (Å²) in [4.78, 5) is 23.4. The summed E-state index contributed by atoms with van der Waals surface area (Å²) >= 11 is 6.08. The van der Waals surface area contributed by atoms with Crippen molar-refractivity contribution in [3.63, 3.8) is 0 Å². The molecule has 1 aromatic carbocycles. The Kier molecular flexibility index (Phi) is 4.39. The molecule has 0 saturated carbocycles. The molecule has 2 rings (SSSR count). The van der Waals surface area contributed by atoms with Crippen LogP contribution in [-0.2, 0) is 9.59 Å². The van der Waals surface area contributed by atoms with Gasteiger partial charge >= 0.3 is 0 Å². The van der Waals surface area contributed by atoms with Crippen LogP contribution in [0.3, 0.4) is 0 Å². The van der Waals surface area contributed by atoms with Gasteiger partial charge in [0.05, 0.1) is 18.0 Å². The first-order chi connectivity index (χ1) is 9.10. The van der Waals surface area contributed by atoms with Crippen molar-refractivity contribution in [2.24, 2.45) is 0 Å². The third kappa shape index (κ3) is 3.45. The third-order valence-corrected chi connectivity index (χ3v) is 3.89. The second kappa shape index (κ2) is 6.03. The molecule has 1 saturated heterocycles. The van der Waals surface area contributed by atoms with Crippen LogP contribution in [-0.4, -0.2) is 28.5 Å². The lowest BCUT2D eigenvalue weighted by Crippen LogP contribution is -2.27. The van der Waals surface area contributed by atoms with Gasteiger partial charge in [-0.05, 0) is 12.1 Å². The van der Waals surface area contributed by atoms with E-state index in [1.165, 1.54) is 18.9 Å². The second-order valence-corrected chi connectivity index (χ2v) is 5.72. The summed E-state index contributed by atoms with van der Waals surface area (Å²) in [6, 6.07) is 7.10. The van der Waals surface area contributed by atoms with Gasteiger partial charge in [-0.2, -0.15) is 0 Å². The maximum atomic E-state index is 11.9. The molecule has 0 aliphatic carbocycles. The number of carbonyl (C=O) groups excluding carboxylic acids is 2. The van der Waals surface area contributed by atoms with E-state index in [0.29, 0.717) is 15.8 Å². The topological polar surface area (TPSA) is 67.4 Å². The average Bonchev–Trinajstić information content (AvgIpc) is 2.68. The number of thioether (sulfide) groups is 1. The van der Waals surface area contributed by atoms with Gasteiger partial charge in [0.25, 0.3) is 0 Å². The minimum atomic E-state index is -0.456. The minimum absolute atomic E-state index is 0.0781. The lowest BCUT2D eigenvalue weighted by atomic mass is 10.2. The first kappa shape index (κ1) is 13.8. The van der Waals surface area contributed by atoms with E-state index < -0.39 is 5.25 Å². The quantitative estimate of drug-likeness (QED) is 0.825. The van der Waals surface area contributed by atoms with E-state index in [9.17, 15) is 9.59 Å². The summed E-state index contributed by atoms with van der Waals surface area (Å²) in [7, 11) is 1.53. The Morgan fingerprint density at radius 2 is 2.26 bits per heavy atom. The van der Waals surface area contributed by atoms with Crippen molar-refractivity contribution in [2.75, 3.05) is 12.4 Å². The molecule has 0 spiro atoms. The number of carbonyl (C=O) groups is 2. The van der Waals surface area contributed by atoms with Gasteiger partial charge in [0.2, 0.25) is 11.8 Å². The van der Waals surface area contributed by atoms with Crippen LogP contribution in [0.4, 0.5) is 5.69 Å². The van der Waals surface area contributed by atoms with Crippen molar-refractivity contribution < 1.29 is 14.3 Å². The summed E-state index contributed by atoms with van der Waals surface area (Å²) in [6.07, 6.45) is 0.0781. The number of methoxy groups -OCH3 is 1. The van der Waals surface area contributed by atoms with Crippen molar-refractivity contribution in [3.05, 3.63) is 24.3 Å². The number of hydrogen-bond acceptors (Lipinski definition) is 5. The predicted octanol–water partition coefficient (Wildman–Crippen LogP) is 1.54. The van der Waals surface area contributed by atoms with E-state index in [2.05, 4.69) is 10.6 Å². The summed E-state index contributed by atoms with van der Waals surface area (Å²) in [6.45, 7) is 0. The molecule has 2 amide bonds. The number of benzene rings is 1. The van der Waals surface area contributed by atoms with Gasteiger partial charge < -0.3 is 15.4 Å². The zero-order chi connectivity index (χ0) is 13.8. The first-order valence-electron chi connectivity index (χ1n) is 5.54. The molecule has 100 valence electrons. The van der Waals surface area contributed by atoms with Crippen molar-refractivity contribution in [2.45, 2.75) is 11.7 Å². The number of anilines is 1. The van der Waals surface area contributed by atoms with Gasteiger partial charge in [-0.3, -0.25) is 9.59 Å². The highest BCUT2D eigenvalue weighted by Gasteiger charge is 2.31. The van der Waals surface area contributed by atoms with Gasteiger partial charge in [0.15, 0.2) is 0 Å². The Hall–Kier alpha value is -1.60. The highest BCUT2D eigenvalue weighted by atomic mass is 32.2. The number of nitrogens with one attached hydrogen (secondary N) is 2. The number of thiocarbonyl (C=S) groups is 1. The van der Waals surface area contributed by atoms with E-state index in [0.717, 1.165) is 0 Å². The average molecular weight is 296 g/mol. The molecule has 2 N–H and O–H groups in total. The summed E-state index contributed by atoms with van der Waals surface area (Å²) < 4.78 is 5.55. The molecule has 1 heterocycles. The molecule has 7 heteroatoms. The first-order valence-corrected chi connectivity index (χ1v) is 6.83. The lowest BCUT2D eigenvalue weighted by Gasteiger charge is -2.10. The van der Waals surface area contributed by atoms with E-state index in [1.54, 1.807) is 18.2 Å². The standard InChI is InChI=1S/C12H12N2O3S2/c1-17-8-5-3-2-4-7(8)13-10(15)6-9-11(16)14-12(18)19-9/h2-5,9H,6H2,1H3,(H,13,15)(H,14,16,18)/t9-/m0/s1. The summed E-state index contributed by atoms with van der Waals surface area (Å²) in [5.41, 5.74) is 0.584. The molecular weight excluding hydrogens is 284 g/mol. The SMILES string of the molecule is COc1ccccc1NC(=O)C[C@@H]1SC(=S)NC1=O. The Morgan fingerprint density at radius 1 is 1.53 bits per heavy atom. The molecule has 1 fully saturated rings. The fourth-order valence-electron chi connectivity index (χ4n) is 1.65. The fraction of sp³-hybridized carbons (Fsp3) is 0.250. The Bertz CT molecular complexity index is 533. The van der Waals surface area contributed by atoms with Crippen LogP contribution in [0, 0.1) is 0 Å². The van der Waals surface area contributed by atoms with E-state index in [1.807, 2.05) is 6.07 Å². The van der Waals surface area contributed by atoms with Crippen LogP contribution >= 0.6 is 24.0 Å². The minimum Gasteiger partial charge on any atom is -0.495 e. The van der Waals surface area contributed by atoms with Crippen LogP contribution in [0.15, 0.2) is 24.3 Å². The normalized spacial score (nSPS) is 18.1. The summed E-state index contributed by atoms with van der Waals surface area (Å²) in [5.74, 6) is 0.113. The number of ether oxygens (including phenoxy) is 1. The smallest absolute Gasteiger partial charge is 0.239 e. The van der Waals surface area contributed by atoms with Gasteiger partial charge in [0, 0.05) is 6.42 Å². The Labute approximate surface area is 120 Å². The second-order valence-electron chi connectivity index (χ2n) is 3.84. The van der Waals surface area contributed by atoms with E-state index in [-0.39, 0.29) is 18.2 Å². The molecule has 19 heavy (non-hydrogen) atoms. The highest BCUT2D eigenvalue weighted by molar-refractivity contribution is 8.24. The van der Waals surface area contributed by atoms with Gasteiger partial charge in [-0.1, -0.05) is 36.1 Å². The van der Waals surface area contributed by atoms with Gasteiger partial charge in [-0.15, -0.1) is 0 Å². The monoisotopic (exact) mass is 296 g/mol. The van der Waals surface area contributed by atoms with Crippen LogP contribution in [0.5, 0.6) is 5.75 Å². The van der Waals surface area contributed by atoms with E-state index >= 15 is 0 Å². The molecule has 1 aliphatic heterocycles. The van der Waals surface area contributed by atoms with Crippen LogP contribution in [0.2, 0.25) is 0 Å². The van der Waals surface area contributed by atoms with Crippen LogP contribution in [0.1, 0.15) is 6.42 Å². The molecular formula is C12H12N2O3S2. The van der Waals surface area contributed by atoms with Crippen molar-refractivity contribution in [1.82, 2.24) is 5.32 Å². The molecule has 0 unspecified atom stereocenters. The molecule has 0 aromatic heterocycles. The highest BCUT2D eigenvalue weighted by Crippen LogP contribution is 2.25. The zero-order valence-corrected chi connectivity index (χ0v) is 11.8.